The van der Waals surface area contributed by atoms with E-state index in [9.17, 15) is 4.79 Å². The molecule has 0 bridgehead atoms. The third kappa shape index (κ3) is 3.28. The first-order valence-electron chi connectivity index (χ1n) is 6.99. The van der Waals surface area contributed by atoms with E-state index in [1.165, 1.54) is 11.1 Å². The zero-order valence-electron chi connectivity index (χ0n) is 11.8. The molecule has 3 atom stereocenters. The monoisotopic (exact) mass is 262 g/mol. The van der Waals surface area contributed by atoms with E-state index in [1.807, 2.05) is 13.0 Å². The minimum atomic E-state index is -0.647. The molecule has 104 valence electrons. The summed E-state index contributed by atoms with van der Waals surface area (Å²) in [6, 6.07) is 6.23. The van der Waals surface area contributed by atoms with Gasteiger partial charge in [0.1, 0.15) is 5.75 Å². The van der Waals surface area contributed by atoms with Gasteiger partial charge in [-0.2, -0.15) is 0 Å². The minimum absolute atomic E-state index is 0.122. The highest BCUT2D eigenvalue weighted by atomic mass is 16.5. The quantitative estimate of drug-likeness (QED) is 0.852. The molecule has 0 amide bonds. The zero-order valence-corrected chi connectivity index (χ0v) is 11.8. The third-order valence-corrected chi connectivity index (χ3v) is 3.89. The lowest BCUT2D eigenvalue weighted by atomic mass is 9.93. The predicted molar refractivity (Wildman–Crippen MR) is 74.6 cm³/mol. The largest absolute Gasteiger partial charge is 0.494 e. The lowest BCUT2D eigenvalue weighted by molar-refractivity contribution is -0.138. The Kier molecular flexibility index (Phi) is 4.13. The van der Waals surface area contributed by atoms with Crippen molar-refractivity contribution in [2.45, 2.75) is 39.5 Å². The first-order valence-corrected chi connectivity index (χ1v) is 6.99. The lowest BCUT2D eigenvalue weighted by Gasteiger charge is -2.17. The minimum Gasteiger partial charge on any atom is -0.494 e. The van der Waals surface area contributed by atoms with Crippen molar-refractivity contribution in [3.63, 3.8) is 0 Å². The van der Waals surface area contributed by atoms with Crippen LogP contribution >= 0.6 is 0 Å². The molecule has 1 aliphatic rings. The van der Waals surface area contributed by atoms with Crippen LogP contribution in [-0.2, 0) is 4.79 Å². The number of ether oxygens (including phenoxy) is 1. The van der Waals surface area contributed by atoms with E-state index in [0.29, 0.717) is 18.4 Å². The zero-order chi connectivity index (χ0) is 14.0. The summed E-state index contributed by atoms with van der Waals surface area (Å²) in [5.41, 5.74) is 2.42. The van der Waals surface area contributed by atoms with Gasteiger partial charge in [0.2, 0.25) is 0 Å². The molecular weight excluding hydrogens is 240 g/mol. The second kappa shape index (κ2) is 5.64. The molecular formula is C16H22O3. The van der Waals surface area contributed by atoms with Gasteiger partial charge in [0.25, 0.3) is 0 Å². The molecule has 0 saturated heterocycles. The van der Waals surface area contributed by atoms with Crippen molar-refractivity contribution in [1.82, 2.24) is 0 Å². The summed E-state index contributed by atoms with van der Waals surface area (Å²) in [7, 11) is 0. The molecule has 1 aliphatic carbocycles. The molecule has 1 aromatic rings. The summed E-state index contributed by atoms with van der Waals surface area (Å²) in [5, 5.41) is 8.97. The molecule has 1 N–H and O–H groups in total. The Morgan fingerprint density at radius 1 is 1.53 bits per heavy atom. The van der Waals surface area contributed by atoms with Gasteiger partial charge >= 0.3 is 5.97 Å². The second-order valence-electron chi connectivity index (χ2n) is 5.55. The van der Waals surface area contributed by atoms with E-state index in [0.717, 1.165) is 18.6 Å². The van der Waals surface area contributed by atoms with E-state index in [2.05, 4.69) is 26.0 Å². The molecule has 3 heteroatoms. The Hall–Kier alpha value is -1.51. The van der Waals surface area contributed by atoms with Crippen molar-refractivity contribution in [1.29, 1.82) is 0 Å². The summed E-state index contributed by atoms with van der Waals surface area (Å²) in [5.74, 6) is 0.848. The molecule has 1 aromatic carbocycles. The molecule has 1 saturated carbocycles. The highest BCUT2D eigenvalue weighted by molar-refractivity contribution is 5.73. The van der Waals surface area contributed by atoms with Crippen LogP contribution in [0, 0.1) is 18.8 Å². The van der Waals surface area contributed by atoms with Gasteiger partial charge in [-0.1, -0.05) is 24.6 Å². The summed E-state index contributed by atoms with van der Waals surface area (Å²) in [4.78, 5) is 10.9. The molecule has 3 unspecified atom stereocenters. The van der Waals surface area contributed by atoms with Gasteiger partial charge in [-0.25, -0.2) is 0 Å². The molecule has 3 nitrogen and oxygen atoms in total. The van der Waals surface area contributed by atoms with Crippen LogP contribution < -0.4 is 4.74 Å². The van der Waals surface area contributed by atoms with E-state index in [-0.39, 0.29) is 5.92 Å². The first-order chi connectivity index (χ1) is 9.02. The highest BCUT2D eigenvalue weighted by Gasteiger charge is 2.43. The number of hydrogen-bond donors (Lipinski definition) is 1. The summed E-state index contributed by atoms with van der Waals surface area (Å²) < 4.78 is 5.67. The number of hydrogen-bond acceptors (Lipinski definition) is 2. The summed E-state index contributed by atoms with van der Waals surface area (Å²) >= 11 is 0. The van der Waals surface area contributed by atoms with Crippen LogP contribution in [-0.4, -0.2) is 17.7 Å². The molecule has 0 heterocycles. The van der Waals surface area contributed by atoms with E-state index in [1.54, 1.807) is 0 Å². The van der Waals surface area contributed by atoms with Gasteiger partial charge < -0.3 is 9.84 Å². The average Bonchev–Trinajstić information content (AvgIpc) is 3.11. The van der Waals surface area contributed by atoms with Crippen LogP contribution in [0.3, 0.4) is 0 Å². The fourth-order valence-electron chi connectivity index (χ4n) is 2.73. The van der Waals surface area contributed by atoms with Crippen LogP contribution in [0.15, 0.2) is 18.2 Å². The first kappa shape index (κ1) is 13.9. The van der Waals surface area contributed by atoms with Crippen molar-refractivity contribution < 1.29 is 14.6 Å². The maximum atomic E-state index is 10.9. The van der Waals surface area contributed by atoms with Gasteiger partial charge in [0.15, 0.2) is 0 Å². The number of carboxylic acid groups (broad SMARTS) is 1. The third-order valence-electron chi connectivity index (χ3n) is 3.89. The van der Waals surface area contributed by atoms with Crippen molar-refractivity contribution in [3.8, 4) is 5.75 Å². The topological polar surface area (TPSA) is 46.5 Å². The Morgan fingerprint density at radius 2 is 2.26 bits per heavy atom. The van der Waals surface area contributed by atoms with Crippen molar-refractivity contribution in [3.05, 3.63) is 29.3 Å². The van der Waals surface area contributed by atoms with Crippen LogP contribution in [0.5, 0.6) is 5.75 Å². The van der Waals surface area contributed by atoms with E-state index < -0.39 is 5.97 Å². The Morgan fingerprint density at radius 3 is 2.84 bits per heavy atom. The second-order valence-corrected chi connectivity index (χ2v) is 5.55. The molecule has 1 fully saturated rings. The summed E-state index contributed by atoms with van der Waals surface area (Å²) in [6.45, 7) is 6.87. The molecule has 0 spiro atoms. The summed E-state index contributed by atoms with van der Waals surface area (Å²) in [6.07, 6.45) is 1.76. The lowest BCUT2D eigenvalue weighted by Crippen LogP contribution is -2.04. The van der Waals surface area contributed by atoms with E-state index in [4.69, 9.17) is 9.84 Å². The van der Waals surface area contributed by atoms with Crippen LogP contribution in [0.1, 0.15) is 43.7 Å². The van der Waals surface area contributed by atoms with Gasteiger partial charge in [0, 0.05) is 0 Å². The molecule has 2 rings (SSSR count). The predicted octanol–water partition coefficient (Wildman–Crippen LogP) is 3.61. The van der Waals surface area contributed by atoms with Crippen molar-refractivity contribution >= 4 is 5.97 Å². The van der Waals surface area contributed by atoms with Crippen LogP contribution in [0.2, 0.25) is 0 Å². The van der Waals surface area contributed by atoms with Crippen LogP contribution in [0.4, 0.5) is 0 Å². The fraction of sp³-hybridized carbons (Fsp3) is 0.562. The SMILES string of the molecule is CCOc1ccc(C)cc1C(C)CC1CC1C(=O)O. The van der Waals surface area contributed by atoms with Crippen molar-refractivity contribution in [2.75, 3.05) is 6.61 Å². The van der Waals surface area contributed by atoms with Gasteiger partial charge in [-0.15, -0.1) is 0 Å². The fourth-order valence-corrected chi connectivity index (χ4v) is 2.73. The Bertz CT molecular complexity index is 467. The van der Waals surface area contributed by atoms with Crippen LogP contribution in [0.25, 0.3) is 0 Å². The van der Waals surface area contributed by atoms with Gasteiger partial charge in [-0.3, -0.25) is 4.79 Å². The number of aliphatic carboxylic acids is 1. The van der Waals surface area contributed by atoms with Gasteiger partial charge in [-0.05, 0) is 50.2 Å². The number of benzene rings is 1. The molecule has 19 heavy (non-hydrogen) atoms. The number of carbonyl (C=O) groups is 1. The molecule has 0 radical (unpaired) electrons. The molecule has 0 aliphatic heterocycles. The Labute approximate surface area is 114 Å². The maximum Gasteiger partial charge on any atom is 0.306 e. The maximum absolute atomic E-state index is 10.9. The molecule has 0 aromatic heterocycles. The standard InChI is InChI=1S/C16H22O3/c1-4-19-15-6-5-10(2)7-13(15)11(3)8-12-9-14(12)16(17)18/h5-7,11-12,14H,4,8-9H2,1-3H3,(H,17,18). The van der Waals surface area contributed by atoms with Gasteiger partial charge in [0.05, 0.1) is 12.5 Å². The average molecular weight is 262 g/mol. The number of rotatable bonds is 6. The highest BCUT2D eigenvalue weighted by Crippen LogP contribution is 2.46. The number of carboxylic acids is 1. The smallest absolute Gasteiger partial charge is 0.306 e. The van der Waals surface area contributed by atoms with Crippen molar-refractivity contribution in [2.24, 2.45) is 11.8 Å². The Balaban J connectivity index is 2.07. The number of aryl methyl sites for hydroxylation is 1. The van der Waals surface area contributed by atoms with E-state index >= 15 is 0 Å². The normalized spacial score (nSPS) is 22.9.